The second-order valence-electron chi connectivity index (χ2n) is 8.54. The van der Waals surface area contributed by atoms with Gasteiger partial charge in [-0.3, -0.25) is 0 Å². The Hall–Kier alpha value is -3.96. The van der Waals surface area contributed by atoms with Crippen LogP contribution in [-0.4, -0.2) is 38.2 Å². The van der Waals surface area contributed by atoms with E-state index in [1.165, 1.54) is 12.5 Å². The van der Waals surface area contributed by atoms with Crippen molar-refractivity contribution in [3.63, 3.8) is 0 Å². The van der Waals surface area contributed by atoms with E-state index < -0.39 is 17.8 Å². The van der Waals surface area contributed by atoms with E-state index in [4.69, 9.17) is 15.1 Å². The Labute approximate surface area is 198 Å². The minimum Gasteiger partial charge on any atom is -0.423 e. The van der Waals surface area contributed by atoms with Crippen molar-refractivity contribution in [3.8, 4) is 11.5 Å². The van der Waals surface area contributed by atoms with Gasteiger partial charge in [0.1, 0.15) is 17.5 Å². The molecule has 0 spiro atoms. The van der Waals surface area contributed by atoms with Gasteiger partial charge in [0.25, 0.3) is 5.89 Å². The lowest BCUT2D eigenvalue weighted by Crippen LogP contribution is -2.20. The van der Waals surface area contributed by atoms with Crippen molar-refractivity contribution < 1.29 is 17.6 Å². The van der Waals surface area contributed by atoms with E-state index in [1.807, 2.05) is 6.07 Å². The van der Waals surface area contributed by atoms with Crippen molar-refractivity contribution in [2.75, 3.05) is 29.0 Å². The van der Waals surface area contributed by atoms with E-state index in [1.54, 1.807) is 13.8 Å². The van der Waals surface area contributed by atoms with E-state index >= 15 is 0 Å². The summed E-state index contributed by atoms with van der Waals surface area (Å²) in [5.41, 5.74) is 6.46. The van der Waals surface area contributed by atoms with Crippen molar-refractivity contribution in [3.05, 3.63) is 47.6 Å². The Kier molecular flexibility index (Phi) is 5.65. The molecule has 3 N–H and O–H groups in total. The summed E-state index contributed by atoms with van der Waals surface area (Å²) in [4.78, 5) is 16.0. The molecule has 1 aliphatic rings. The molecule has 0 amide bonds. The molecule has 0 bridgehead atoms. The second kappa shape index (κ2) is 8.67. The first-order valence-corrected chi connectivity index (χ1v) is 11.1. The van der Waals surface area contributed by atoms with E-state index in [9.17, 15) is 13.2 Å². The minimum absolute atomic E-state index is 0.0304. The maximum Gasteiger partial charge on any atom is 0.416 e. The summed E-state index contributed by atoms with van der Waals surface area (Å²) < 4.78 is 45.4. The maximum absolute atomic E-state index is 13.3. The standard InChI is InChI=1S/C23H23F3N8O/c1-12(14-7-15(23(24,25)26)9-16(27)8-14)29-19-17-10-18(22-33-28-11-35-22)21(34-5-3-4-6-34)32-20(17)31-13(2)30-19/h7-12H,3-6,27H2,1-2H3,(H,29,30,31,32)/t12-/m1/s1. The zero-order valence-electron chi connectivity index (χ0n) is 19.1. The normalized spacial score (nSPS) is 15.1. The molecular weight excluding hydrogens is 461 g/mol. The molecule has 3 aromatic heterocycles. The third kappa shape index (κ3) is 4.55. The lowest BCUT2D eigenvalue weighted by molar-refractivity contribution is -0.137. The molecule has 1 aliphatic heterocycles. The van der Waals surface area contributed by atoms with Crippen molar-refractivity contribution in [2.45, 2.75) is 38.9 Å². The number of nitrogens with two attached hydrogens (primary N) is 1. The quantitative estimate of drug-likeness (QED) is 0.387. The van der Waals surface area contributed by atoms with Gasteiger partial charge >= 0.3 is 6.18 Å². The van der Waals surface area contributed by atoms with Crippen LogP contribution >= 0.6 is 0 Å². The van der Waals surface area contributed by atoms with Crippen LogP contribution in [0.5, 0.6) is 0 Å². The first-order valence-electron chi connectivity index (χ1n) is 11.1. The number of pyridine rings is 1. The number of alkyl halides is 3. The number of nitrogen functional groups attached to an aromatic ring is 1. The smallest absolute Gasteiger partial charge is 0.416 e. The fraction of sp³-hybridized carbons (Fsp3) is 0.348. The molecule has 1 atom stereocenters. The van der Waals surface area contributed by atoms with Gasteiger partial charge in [-0.15, -0.1) is 10.2 Å². The van der Waals surface area contributed by atoms with Crippen molar-refractivity contribution >= 4 is 28.4 Å². The van der Waals surface area contributed by atoms with Crippen LogP contribution in [0.1, 0.15) is 42.8 Å². The zero-order chi connectivity index (χ0) is 24.7. The van der Waals surface area contributed by atoms with Gasteiger partial charge in [0.2, 0.25) is 6.39 Å². The van der Waals surface area contributed by atoms with Crippen LogP contribution in [0.3, 0.4) is 0 Å². The molecule has 4 heterocycles. The molecule has 0 saturated carbocycles. The summed E-state index contributed by atoms with van der Waals surface area (Å²) in [7, 11) is 0. The van der Waals surface area contributed by atoms with E-state index in [-0.39, 0.29) is 5.69 Å². The highest BCUT2D eigenvalue weighted by molar-refractivity contribution is 5.93. The average Bonchev–Trinajstić information content (AvgIpc) is 3.51. The number of rotatable bonds is 5. The number of nitrogens with one attached hydrogen (secondary N) is 1. The molecule has 182 valence electrons. The van der Waals surface area contributed by atoms with Crippen LogP contribution in [0.2, 0.25) is 0 Å². The Morgan fingerprint density at radius 3 is 2.54 bits per heavy atom. The number of aromatic nitrogens is 5. The molecule has 1 aromatic carbocycles. The summed E-state index contributed by atoms with van der Waals surface area (Å²) >= 11 is 0. The van der Waals surface area contributed by atoms with Gasteiger partial charge < -0.3 is 20.4 Å². The predicted octanol–water partition coefficient (Wildman–Crippen LogP) is 4.76. The monoisotopic (exact) mass is 484 g/mol. The van der Waals surface area contributed by atoms with Crippen LogP contribution in [-0.2, 0) is 6.18 Å². The summed E-state index contributed by atoms with van der Waals surface area (Å²) in [5, 5.41) is 11.6. The van der Waals surface area contributed by atoms with Gasteiger partial charge in [-0.1, -0.05) is 0 Å². The lowest BCUT2D eigenvalue weighted by atomic mass is 10.0. The van der Waals surface area contributed by atoms with Crippen LogP contribution in [0.15, 0.2) is 35.1 Å². The predicted molar refractivity (Wildman–Crippen MR) is 125 cm³/mol. The largest absolute Gasteiger partial charge is 0.423 e. The average molecular weight is 484 g/mol. The van der Waals surface area contributed by atoms with Crippen LogP contribution < -0.4 is 16.0 Å². The molecule has 5 rings (SSSR count). The van der Waals surface area contributed by atoms with Gasteiger partial charge in [0.15, 0.2) is 5.65 Å². The van der Waals surface area contributed by atoms with Gasteiger partial charge in [0.05, 0.1) is 22.6 Å². The Morgan fingerprint density at radius 1 is 1.09 bits per heavy atom. The Bertz CT molecular complexity index is 1370. The molecule has 35 heavy (non-hydrogen) atoms. The highest BCUT2D eigenvalue weighted by atomic mass is 19.4. The van der Waals surface area contributed by atoms with Gasteiger partial charge in [-0.2, -0.15) is 13.2 Å². The molecule has 0 aliphatic carbocycles. The fourth-order valence-corrected chi connectivity index (χ4v) is 4.26. The second-order valence-corrected chi connectivity index (χ2v) is 8.54. The van der Waals surface area contributed by atoms with Crippen molar-refractivity contribution in [1.82, 2.24) is 25.1 Å². The molecule has 0 unspecified atom stereocenters. The zero-order valence-corrected chi connectivity index (χ0v) is 19.1. The van der Waals surface area contributed by atoms with Gasteiger partial charge in [-0.25, -0.2) is 15.0 Å². The summed E-state index contributed by atoms with van der Waals surface area (Å²) in [6.45, 7) is 5.18. The van der Waals surface area contributed by atoms with E-state index in [0.717, 1.165) is 38.1 Å². The molecule has 1 fully saturated rings. The Morgan fingerprint density at radius 2 is 1.86 bits per heavy atom. The number of halogens is 3. The number of hydrogen-bond acceptors (Lipinski definition) is 9. The topological polar surface area (TPSA) is 119 Å². The molecule has 0 radical (unpaired) electrons. The molecule has 9 nitrogen and oxygen atoms in total. The highest BCUT2D eigenvalue weighted by Gasteiger charge is 2.31. The molecule has 4 aromatic rings. The maximum atomic E-state index is 13.3. The van der Waals surface area contributed by atoms with E-state index in [2.05, 4.69) is 30.4 Å². The number of benzene rings is 1. The van der Waals surface area contributed by atoms with Gasteiger partial charge in [-0.05, 0) is 56.5 Å². The van der Waals surface area contributed by atoms with E-state index in [0.29, 0.717) is 45.5 Å². The summed E-state index contributed by atoms with van der Waals surface area (Å²) in [6.07, 6.45) is -1.15. The van der Waals surface area contributed by atoms with Crippen LogP contribution in [0.4, 0.5) is 30.5 Å². The van der Waals surface area contributed by atoms with Crippen molar-refractivity contribution in [1.29, 1.82) is 0 Å². The van der Waals surface area contributed by atoms with Crippen LogP contribution in [0, 0.1) is 6.92 Å². The number of anilines is 3. The lowest BCUT2D eigenvalue weighted by Gasteiger charge is -2.21. The van der Waals surface area contributed by atoms with Gasteiger partial charge in [0, 0.05) is 18.8 Å². The fourth-order valence-electron chi connectivity index (χ4n) is 4.26. The van der Waals surface area contributed by atoms with Crippen LogP contribution in [0.25, 0.3) is 22.5 Å². The first-order chi connectivity index (χ1) is 16.7. The molecule has 12 heteroatoms. The highest BCUT2D eigenvalue weighted by Crippen LogP contribution is 2.36. The number of nitrogens with zero attached hydrogens (tertiary/aromatic N) is 6. The third-order valence-electron chi connectivity index (χ3n) is 5.93. The summed E-state index contributed by atoms with van der Waals surface area (Å²) in [5.74, 6) is 1.91. The SMILES string of the molecule is Cc1nc(N[C@H](C)c2cc(N)cc(C(F)(F)F)c2)c2cc(-c3nnco3)c(N3CCCC3)nc2n1. The minimum atomic E-state index is -4.50. The Balaban J connectivity index is 1.59. The summed E-state index contributed by atoms with van der Waals surface area (Å²) in [6, 6.07) is 4.80. The first kappa shape index (κ1) is 22.8. The van der Waals surface area contributed by atoms with Crippen molar-refractivity contribution in [2.24, 2.45) is 0 Å². The number of aryl methyl sites for hydroxylation is 1. The third-order valence-corrected chi connectivity index (χ3v) is 5.93. The number of fused-ring (bicyclic) bond motifs is 1. The molecule has 1 saturated heterocycles. The molecular formula is C23H23F3N8O. The number of hydrogen-bond donors (Lipinski definition) is 2.